The van der Waals surface area contributed by atoms with Gasteiger partial charge >= 0.3 is 11.9 Å². The first-order chi connectivity index (χ1) is 12.8. The molecule has 0 aromatic carbocycles. The van der Waals surface area contributed by atoms with Crippen LogP contribution in [0.4, 0.5) is 0 Å². The molecule has 0 aliphatic rings. The van der Waals surface area contributed by atoms with Gasteiger partial charge in [0.1, 0.15) is 15.7 Å². The summed E-state index contributed by atoms with van der Waals surface area (Å²) in [5.74, 6) is -0.711. The van der Waals surface area contributed by atoms with Crippen molar-refractivity contribution in [3.05, 3.63) is 27.1 Å². The van der Waals surface area contributed by atoms with Crippen molar-refractivity contribution < 1.29 is 19.1 Å². The minimum absolute atomic E-state index is 0.221. The first-order valence-electron chi connectivity index (χ1n) is 9.11. The Balaban J connectivity index is 2.33. The average Bonchev–Trinajstić information content (AvgIpc) is 2.97. The molecular weight excluding hydrogens is 368 g/mol. The maximum atomic E-state index is 12.9. The summed E-state index contributed by atoms with van der Waals surface area (Å²) in [6.45, 7) is 9.84. The highest BCUT2D eigenvalue weighted by atomic mass is 32.1. The van der Waals surface area contributed by atoms with Crippen molar-refractivity contribution >= 4 is 33.5 Å². The minimum Gasteiger partial charge on any atom is -0.464 e. The molecule has 0 aliphatic carbocycles. The fourth-order valence-corrected chi connectivity index (χ4v) is 3.50. The normalized spacial score (nSPS) is 12.4. The predicted molar refractivity (Wildman–Crippen MR) is 104 cm³/mol. The molecule has 0 spiro atoms. The number of thiophene rings is 1. The van der Waals surface area contributed by atoms with E-state index in [0.29, 0.717) is 33.9 Å². The Morgan fingerprint density at radius 3 is 2.59 bits per heavy atom. The number of aryl methyl sites for hydroxylation is 1. The van der Waals surface area contributed by atoms with Crippen LogP contribution >= 0.6 is 11.3 Å². The number of carbonyl (C=O) groups excluding carboxylic acids is 2. The van der Waals surface area contributed by atoms with E-state index in [1.54, 1.807) is 13.8 Å². The maximum absolute atomic E-state index is 12.9. The molecule has 0 aliphatic heterocycles. The Labute approximate surface area is 162 Å². The maximum Gasteiger partial charge on any atom is 0.348 e. The number of fused-ring (bicyclic) bond motifs is 1. The van der Waals surface area contributed by atoms with Crippen LogP contribution < -0.4 is 5.56 Å². The van der Waals surface area contributed by atoms with Gasteiger partial charge in [0.15, 0.2) is 0 Å². The topological polar surface area (TPSA) is 87.5 Å². The summed E-state index contributed by atoms with van der Waals surface area (Å²) in [6, 6.07) is -0.790. The number of hydrogen-bond donors (Lipinski definition) is 0. The van der Waals surface area contributed by atoms with Crippen molar-refractivity contribution in [3.8, 4) is 0 Å². The average molecular weight is 394 g/mol. The summed E-state index contributed by atoms with van der Waals surface area (Å²) >= 11 is 1.13. The molecule has 2 rings (SSSR count). The second-order valence-electron chi connectivity index (χ2n) is 6.88. The fraction of sp³-hybridized carbons (Fsp3) is 0.579. The van der Waals surface area contributed by atoms with E-state index in [4.69, 9.17) is 9.47 Å². The van der Waals surface area contributed by atoms with Crippen molar-refractivity contribution in [1.29, 1.82) is 0 Å². The lowest BCUT2D eigenvalue weighted by Crippen LogP contribution is -2.29. The zero-order chi connectivity index (χ0) is 20.1. The fourth-order valence-electron chi connectivity index (χ4n) is 2.47. The van der Waals surface area contributed by atoms with E-state index >= 15 is 0 Å². The van der Waals surface area contributed by atoms with E-state index in [1.165, 1.54) is 10.9 Å². The summed E-state index contributed by atoms with van der Waals surface area (Å²) in [5.41, 5.74) is 0.166. The van der Waals surface area contributed by atoms with E-state index in [0.717, 1.165) is 24.2 Å². The van der Waals surface area contributed by atoms with Gasteiger partial charge in [-0.3, -0.25) is 9.36 Å². The third-order valence-electron chi connectivity index (χ3n) is 4.11. The smallest absolute Gasteiger partial charge is 0.348 e. The quantitative estimate of drug-likeness (QED) is 0.503. The Kier molecular flexibility index (Phi) is 7.12. The summed E-state index contributed by atoms with van der Waals surface area (Å²) < 4.78 is 11.7. The van der Waals surface area contributed by atoms with Crippen molar-refractivity contribution in [2.45, 2.75) is 53.5 Å². The van der Waals surface area contributed by atoms with Crippen LogP contribution in [0.1, 0.15) is 61.8 Å². The summed E-state index contributed by atoms with van der Waals surface area (Å²) in [5, 5.41) is 0.340. The third-order valence-corrected chi connectivity index (χ3v) is 5.29. The van der Waals surface area contributed by atoms with Crippen LogP contribution in [0.3, 0.4) is 0 Å². The van der Waals surface area contributed by atoms with E-state index in [-0.39, 0.29) is 11.5 Å². The van der Waals surface area contributed by atoms with Gasteiger partial charge in [-0.25, -0.2) is 14.6 Å². The number of carbonyl (C=O) groups is 2. The molecule has 7 nitrogen and oxygen atoms in total. The molecule has 0 saturated carbocycles. The highest BCUT2D eigenvalue weighted by Crippen LogP contribution is 2.28. The van der Waals surface area contributed by atoms with Crippen molar-refractivity contribution in [2.24, 2.45) is 5.92 Å². The summed E-state index contributed by atoms with van der Waals surface area (Å²) in [4.78, 5) is 42.5. The molecule has 2 aromatic rings. The van der Waals surface area contributed by atoms with Crippen LogP contribution in [-0.2, 0) is 14.3 Å². The van der Waals surface area contributed by atoms with Crippen LogP contribution in [0.2, 0.25) is 0 Å². The number of hydrogen-bond acceptors (Lipinski definition) is 7. The van der Waals surface area contributed by atoms with Gasteiger partial charge in [-0.15, -0.1) is 11.3 Å². The molecule has 2 heterocycles. The molecule has 1 atom stereocenters. The number of rotatable bonds is 8. The Morgan fingerprint density at radius 2 is 1.96 bits per heavy atom. The largest absolute Gasteiger partial charge is 0.464 e. The van der Waals surface area contributed by atoms with E-state index in [9.17, 15) is 14.4 Å². The molecular formula is C19H26N2O5S. The van der Waals surface area contributed by atoms with E-state index in [1.807, 2.05) is 20.8 Å². The number of esters is 2. The van der Waals surface area contributed by atoms with Crippen LogP contribution in [0, 0.1) is 12.8 Å². The molecule has 0 bridgehead atoms. The van der Waals surface area contributed by atoms with E-state index < -0.39 is 18.0 Å². The number of aromatic nitrogens is 2. The van der Waals surface area contributed by atoms with Gasteiger partial charge in [0.2, 0.25) is 0 Å². The molecule has 2 aromatic heterocycles. The van der Waals surface area contributed by atoms with Crippen LogP contribution in [-0.4, -0.2) is 34.7 Å². The predicted octanol–water partition coefficient (Wildman–Crippen LogP) is 3.48. The number of unbranched alkanes of at least 4 members (excludes halogenated alkanes) is 1. The number of nitrogens with zero attached hydrogens (tertiary/aromatic N) is 2. The van der Waals surface area contributed by atoms with Crippen molar-refractivity contribution in [3.63, 3.8) is 0 Å². The third kappa shape index (κ3) is 4.74. The van der Waals surface area contributed by atoms with Gasteiger partial charge < -0.3 is 9.47 Å². The Morgan fingerprint density at radius 1 is 1.26 bits per heavy atom. The van der Waals surface area contributed by atoms with Crippen LogP contribution in [0.15, 0.2) is 11.1 Å². The standard InChI is InChI=1S/C19H26N2O5S/c1-6-7-8-25-18(23)13(5)21-10-20-16-14(17(21)22)12(4)15(27-16)19(24)26-9-11(2)3/h10-11,13H,6-9H2,1-5H3/t13-/m0/s1. The summed E-state index contributed by atoms with van der Waals surface area (Å²) in [7, 11) is 0. The molecule has 148 valence electrons. The second-order valence-corrected chi connectivity index (χ2v) is 7.88. The van der Waals surface area contributed by atoms with E-state index in [2.05, 4.69) is 4.98 Å². The highest BCUT2D eigenvalue weighted by Gasteiger charge is 2.24. The minimum atomic E-state index is -0.790. The zero-order valence-electron chi connectivity index (χ0n) is 16.4. The Bertz CT molecular complexity index is 884. The molecule has 8 heteroatoms. The molecule has 0 unspecified atom stereocenters. The number of ether oxygens (including phenoxy) is 2. The van der Waals surface area contributed by atoms with Gasteiger partial charge in [-0.2, -0.15) is 0 Å². The second kappa shape index (κ2) is 9.12. The monoisotopic (exact) mass is 394 g/mol. The van der Waals surface area contributed by atoms with Gasteiger partial charge in [0, 0.05) is 0 Å². The van der Waals surface area contributed by atoms with Crippen LogP contribution in [0.25, 0.3) is 10.2 Å². The SMILES string of the molecule is CCCCOC(=O)[C@H](C)n1cnc2sc(C(=O)OCC(C)C)c(C)c2c1=O. The van der Waals surface area contributed by atoms with Crippen LogP contribution in [0.5, 0.6) is 0 Å². The van der Waals surface area contributed by atoms with Gasteiger partial charge in [0.25, 0.3) is 5.56 Å². The molecule has 0 N–H and O–H groups in total. The lowest BCUT2D eigenvalue weighted by Gasteiger charge is -2.14. The molecule has 0 saturated heterocycles. The first-order valence-corrected chi connectivity index (χ1v) is 9.93. The van der Waals surface area contributed by atoms with Gasteiger partial charge in [0.05, 0.1) is 24.9 Å². The summed E-state index contributed by atoms with van der Waals surface area (Å²) in [6.07, 6.45) is 3.02. The molecule has 0 radical (unpaired) electrons. The van der Waals surface area contributed by atoms with Crippen molar-refractivity contribution in [1.82, 2.24) is 9.55 Å². The van der Waals surface area contributed by atoms with Gasteiger partial charge in [-0.05, 0) is 31.7 Å². The molecule has 0 fully saturated rings. The Hall–Kier alpha value is -2.22. The lowest BCUT2D eigenvalue weighted by molar-refractivity contribution is -0.147. The highest BCUT2D eigenvalue weighted by molar-refractivity contribution is 7.20. The van der Waals surface area contributed by atoms with Crippen molar-refractivity contribution in [2.75, 3.05) is 13.2 Å². The molecule has 0 amide bonds. The lowest BCUT2D eigenvalue weighted by atomic mass is 10.2. The van der Waals surface area contributed by atoms with Gasteiger partial charge in [-0.1, -0.05) is 27.2 Å². The molecule has 27 heavy (non-hydrogen) atoms. The zero-order valence-corrected chi connectivity index (χ0v) is 17.2. The first kappa shape index (κ1) is 21.1.